The van der Waals surface area contributed by atoms with E-state index in [0.717, 1.165) is 55.7 Å². The van der Waals surface area contributed by atoms with E-state index in [2.05, 4.69) is 31.5 Å². The van der Waals surface area contributed by atoms with E-state index in [0.29, 0.717) is 17.4 Å². The predicted octanol–water partition coefficient (Wildman–Crippen LogP) is 4.35. The number of morpholine rings is 1. The number of fused-ring (bicyclic) bond motifs is 3. The normalized spacial score (nSPS) is 21.3. The van der Waals surface area contributed by atoms with Crippen LogP contribution in [-0.2, 0) is 10.7 Å². The first kappa shape index (κ1) is 22.9. The number of nitrogens with zero attached hydrogens (tertiary/aromatic N) is 4. The molecule has 34 heavy (non-hydrogen) atoms. The molecule has 2 N–H and O–H groups in total. The average molecular weight is 470 g/mol. The van der Waals surface area contributed by atoms with Crippen molar-refractivity contribution in [2.24, 2.45) is 0 Å². The highest BCUT2D eigenvalue weighted by Crippen LogP contribution is 2.40. The van der Waals surface area contributed by atoms with Crippen molar-refractivity contribution >= 4 is 22.4 Å². The van der Waals surface area contributed by atoms with E-state index >= 15 is 0 Å². The molecule has 2 aromatic heterocycles. The maximum Gasteiger partial charge on any atom is 0.300 e. The van der Waals surface area contributed by atoms with Crippen molar-refractivity contribution in [3.63, 3.8) is 0 Å². The van der Waals surface area contributed by atoms with Gasteiger partial charge in [0.1, 0.15) is 5.60 Å². The third-order valence-electron chi connectivity index (χ3n) is 6.87. The van der Waals surface area contributed by atoms with Crippen LogP contribution in [0.4, 0.5) is 20.3 Å². The van der Waals surface area contributed by atoms with E-state index in [1.165, 1.54) is 12.1 Å². The third kappa shape index (κ3) is 3.86. The first-order chi connectivity index (χ1) is 16.0. The van der Waals surface area contributed by atoms with Gasteiger partial charge in [0.25, 0.3) is 0 Å². The van der Waals surface area contributed by atoms with Crippen molar-refractivity contribution in [3.05, 3.63) is 53.3 Å². The Morgan fingerprint density at radius 1 is 1.24 bits per heavy atom. The zero-order chi connectivity index (χ0) is 24.3. The number of rotatable bonds is 6. The fourth-order valence-electron chi connectivity index (χ4n) is 4.77. The molecule has 2 aliphatic heterocycles. The number of alkyl halides is 2. The highest BCUT2D eigenvalue weighted by molar-refractivity contribution is 5.92. The van der Waals surface area contributed by atoms with Crippen LogP contribution in [0.15, 0.2) is 36.5 Å². The fraction of sp³-hybridized carbons (Fsp3) is 0.480. The minimum Gasteiger partial charge on any atom is -0.384 e. The van der Waals surface area contributed by atoms with Crippen molar-refractivity contribution in [2.75, 3.05) is 23.4 Å². The van der Waals surface area contributed by atoms with E-state index in [9.17, 15) is 13.9 Å². The van der Waals surface area contributed by atoms with Gasteiger partial charge in [-0.2, -0.15) is 13.9 Å². The summed E-state index contributed by atoms with van der Waals surface area (Å²) in [6.07, 6.45) is 3.16. The minimum atomic E-state index is -3.39. The third-order valence-corrected chi connectivity index (χ3v) is 6.87. The summed E-state index contributed by atoms with van der Waals surface area (Å²) in [4.78, 5) is 7.00. The highest BCUT2D eigenvalue weighted by Gasteiger charge is 2.47. The lowest BCUT2D eigenvalue weighted by atomic mass is 9.91. The highest BCUT2D eigenvalue weighted by atomic mass is 19.3. The van der Waals surface area contributed by atoms with Crippen LogP contribution in [0.5, 0.6) is 0 Å². The molecule has 2 aliphatic rings. The van der Waals surface area contributed by atoms with Crippen LogP contribution in [-0.4, -0.2) is 51.2 Å². The van der Waals surface area contributed by atoms with Gasteiger partial charge in [0.05, 0.1) is 47.9 Å². The Bertz CT molecular complexity index is 1230. The molecule has 3 aromatic rings. The van der Waals surface area contributed by atoms with Crippen LogP contribution in [0.2, 0.25) is 0 Å². The summed E-state index contributed by atoms with van der Waals surface area (Å²) in [5.74, 6) is -2.85. The number of halogens is 2. The Kier molecular flexibility index (Phi) is 5.44. The number of aromatic nitrogens is 3. The predicted molar refractivity (Wildman–Crippen MR) is 126 cm³/mol. The van der Waals surface area contributed by atoms with Gasteiger partial charge < -0.3 is 20.1 Å². The fourth-order valence-corrected chi connectivity index (χ4v) is 4.77. The summed E-state index contributed by atoms with van der Waals surface area (Å²) in [6.45, 7) is 7.53. The Hall–Kier alpha value is -2.91. The van der Waals surface area contributed by atoms with Crippen LogP contribution in [0.3, 0.4) is 0 Å². The van der Waals surface area contributed by atoms with Crippen molar-refractivity contribution in [1.82, 2.24) is 15.2 Å². The second-order valence-corrected chi connectivity index (χ2v) is 9.85. The van der Waals surface area contributed by atoms with Crippen LogP contribution in [0, 0.1) is 6.92 Å². The maximum absolute atomic E-state index is 14.7. The van der Waals surface area contributed by atoms with E-state index in [-0.39, 0.29) is 17.7 Å². The zero-order valence-corrected chi connectivity index (χ0v) is 19.7. The molecule has 1 aromatic carbocycles. The molecule has 0 spiro atoms. The maximum atomic E-state index is 14.7. The Morgan fingerprint density at radius 3 is 2.71 bits per heavy atom. The molecular formula is C25H29F2N5O2. The van der Waals surface area contributed by atoms with E-state index < -0.39 is 11.5 Å². The number of ether oxygens (including phenoxy) is 1. The molecule has 0 saturated carbocycles. The summed E-state index contributed by atoms with van der Waals surface area (Å²) in [5.41, 5.74) is 0.715. The van der Waals surface area contributed by atoms with Crippen molar-refractivity contribution < 1.29 is 18.6 Å². The molecule has 0 radical (unpaired) electrons. The number of benzene rings is 1. The van der Waals surface area contributed by atoms with Crippen LogP contribution in [0.25, 0.3) is 10.9 Å². The standard InChI is InChI=1S/C25H29F2N5O2/c1-14(16-6-5-7-17(8-16)25(26,27)24(3,4)33)29-23-21-10-18(11-28-22(21)15(2)30-31-23)32-12-20-9-19(32)13-34-20/h5-8,10-11,14,19-20,33H,9,12-13H2,1-4H3,(H,29,31)/t14-,19?,20?/m1/s1. The molecule has 2 unspecified atom stereocenters. The second kappa shape index (κ2) is 8.09. The summed E-state index contributed by atoms with van der Waals surface area (Å²) in [5, 5.41) is 22.7. The molecular weight excluding hydrogens is 440 g/mol. The molecule has 5 rings (SSSR count). The Balaban J connectivity index is 1.46. The summed E-state index contributed by atoms with van der Waals surface area (Å²) >= 11 is 0. The summed E-state index contributed by atoms with van der Waals surface area (Å²) in [6, 6.07) is 8.19. The molecule has 0 aliphatic carbocycles. The quantitative estimate of drug-likeness (QED) is 0.555. The number of hydrogen-bond acceptors (Lipinski definition) is 7. The number of pyridine rings is 1. The first-order valence-corrected chi connectivity index (χ1v) is 11.5. The molecule has 3 atom stereocenters. The van der Waals surface area contributed by atoms with Crippen LogP contribution < -0.4 is 10.2 Å². The average Bonchev–Trinajstić information content (AvgIpc) is 3.44. The van der Waals surface area contributed by atoms with Gasteiger partial charge in [-0.05, 0) is 51.8 Å². The van der Waals surface area contributed by atoms with Gasteiger partial charge >= 0.3 is 5.92 Å². The SMILES string of the molecule is Cc1nnc(N[C@H](C)c2cccc(C(F)(F)C(C)(C)O)c2)c2cc(N3CC4CC3CO4)cnc12. The topological polar surface area (TPSA) is 83.4 Å². The van der Waals surface area contributed by atoms with Gasteiger partial charge in [0.2, 0.25) is 0 Å². The monoisotopic (exact) mass is 469 g/mol. The molecule has 2 saturated heterocycles. The summed E-state index contributed by atoms with van der Waals surface area (Å²) in [7, 11) is 0. The van der Waals surface area contributed by atoms with E-state index in [4.69, 9.17) is 4.74 Å². The lowest BCUT2D eigenvalue weighted by Gasteiger charge is -2.30. The number of aryl methyl sites for hydroxylation is 1. The molecule has 4 heterocycles. The van der Waals surface area contributed by atoms with Gasteiger partial charge in [-0.3, -0.25) is 4.98 Å². The van der Waals surface area contributed by atoms with E-state index in [1.54, 1.807) is 12.1 Å². The molecule has 2 bridgehead atoms. The molecule has 0 amide bonds. The lowest BCUT2D eigenvalue weighted by Crippen LogP contribution is -2.40. The summed E-state index contributed by atoms with van der Waals surface area (Å²) < 4.78 is 35.2. The van der Waals surface area contributed by atoms with Gasteiger partial charge in [0.15, 0.2) is 5.82 Å². The van der Waals surface area contributed by atoms with Crippen molar-refractivity contribution in [1.29, 1.82) is 0 Å². The van der Waals surface area contributed by atoms with Crippen LogP contribution in [0.1, 0.15) is 50.1 Å². The molecule has 180 valence electrons. The van der Waals surface area contributed by atoms with Crippen molar-refractivity contribution in [2.45, 2.75) is 63.8 Å². The number of nitrogens with one attached hydrogen (secondary N) is 1. The first-order valence-electron chi connectivity index (χ1n) is 11.5. The zero-order valence-electron chi connectivity index (χ0n) is 19.7. The van der Waals surface area contributed by atoms with Gasteiger partial charge in [0, 0.05) is 17.5 Å². The number of hydrogen-bond donors (Lipinski definition) is 2. The molecule has 2 fully saturated rings. The van der Waals surface area contributed by atoms with Gasteiger partial charge in [-0.1, -0.05) is 18.2 Å². The number of aliphatic hydroxyl groups is 1. The lowest BCUT2D eigenvalue weighted by molar-refractivity contribution is -0.168. The smallest absolute Gasteiger partial charge is 0.300 e. The minimum absolute atomic E-state index is 0.235. The van der Waals surface area contributed by atoms with Crippen LogP contribution >= 0.6 is 0 Å². The van der Waals surface area contributed by atoms with E-state index in [1.807, 2.05) is 20.0 Å². The number of anilines is 2. The molecule has 9 heteroatoms. The Morgan fingerprint density at radius 2 is 2.03 bits per heavy atom. The second-order valence-electron chi connectivity index (χ2n) is 9.85. The van der Waals surface area contributed by atoms with Gasteiger partial charge in [-0.25, -0.2) is 0 Å². The Labute approximate surface area is 197 Å². The van der Waals surface area contributed by atoms with Crippen molar-refractivity contribution in [3.8, 4) is 0 Å². The van der Waals surface area contributed by atoms with Gasteiger partial charge in [-0.15, -0.1) is 5.10 Å². The largest absolute Gasteiger partial charge is 0.384 e. The molecule has 7 nitrogen and oxygen atoms in total.